The molecule has 4 nitrogen and oxygen atoms in total. The van der Waals surface area contributed by atoms with Crippen molar-refractivity contribution in [2.24, 2.45) is 0 Å². The molecular weight excluding hydrogens is 228 g/mol. The third-order valence-corrected chi connectivity index (χ3v) is 2.36. The topological polar surface area (TPSA) is 44.1 Å². The van der Waals surface area contributed by atoms with Crippen LogP contribution < -0.4 is 0 Å². The summed E-state index contributed by atoms with van der Waals surface area (Å²) in [7, 11) is 0. The maximum absolute atomic E-state index is 11.3. The van der Waals surface area contributed by atoms with Gasteiger partial charge in [-0.1, -0.05) is 18.7 Å². The van der Waals surface area contributed by atoms with Crippen molar-refractivity contribution in [3.63, 3.8) is 0 Å². The highest BCUT2D eigenvalue weighted by molar-refractivity contribution is 5.86. The van der Waals surface area contributed by atoms with Gasteiger partial charge in [0.05, 0.1) is 11.9 Å². The summed E-state index contributed by atoms with van der Waals surface area (Å²) >= 11 is 0. The first-order valence-electron chi connectivity index (χ1n) is 5.67. The van der Waals surface area contributed by atoms with Crippen LogP contribution in [0.5, 0.6) is 0 Å². The molecule has 1 aromatic rings. The van der Waals surface area contributed by atoms with Gasteiger partial charge in [-0.15, -0.1) is 13.2 Å². The lowest BCUT2D eigenvalue weighted by molar-refractivity contribution is -0.140. The number of carbonyl (C=O) groups is 1. The molecule has 0 aliphatic carbocycles. The normalized spacial score (nSPS) is 9.83. The average Bonchev–Trinajstić information content (AvgIpc) is 2.70. The lowest BCUT2D eigenvalue weighted by Crippen LogP contribution is -2.10. The van der Waals surface area contributed by atoms with Crippen LogP contribution in [-0.4, -0.2) is 15.5 Å². The van der Waals surface area contributed by atoms with Gasteiger partial charge in [0.15, 0.2) is 0 Å². The quantitative estimate of drug-likeness (QED) is 0.421. The van der Waals surface area contributed by atoms with Crippen LogP contribution >= 0.6 is 0 Å². The molecule has 0 unspecified atom stereocenters. The summed E-state index contributed by atoms with van der Waals surface area (Å²) in [6, 6.07) is 0. The van der Waals surface area contributed by atoms with Gasteiger partial charge >= 0.3 is 5.97 Å². The number of rotatable bonds is 7. The SMILES string of the molecule is C=CCc1ncc(COC(=O)C(=C)C)n1CC=C. The molecule has 1 heterocycles. The van der Waals surface area contributed by atoms with Crippen molar-refractivity contribution < 1.29 is 9.53 Å². The second-order valence-electron chi connectivity index (χ2n) is 3.91. The van der Waals surface area contributed by atoms with Crippen LogP contribution in [0.15, 0.2) is 43.7 Å². The molecule has 0 radical (unpaired) electrons. The van der Waals surface area contributed by atoms with E-state index >= 15 is 0 Å². The van der Waals surface area contributed by atoms with Gasteiger partial charge in [-0.2, -0.15) is 0 Å². The first-order valence-corrected chi connectivity index (χ1v) is 5.67. The number of allylic oxidation sites excluding steroid dienone is 2. The third kappa shape index (κ3) is 3.45. The van der Waals surface area contributed by atoms with Crippen molar-refractivity contribution in [2.45, 2.75) is 26.5 Å². The fourth-order valence-electron chi connectivity index (χ4n) is 1.48. The third-order valence-electron chi connectivity index (χ3n) is 2.36. The van der Waals surface area contributed by atoms with E-state index in [9.17, 15) is 4.79 Å². The molecule has 0 aliphatic heterocycles. The average molecular weight is 246 g/mol. The van der Waals surface area contributed by atoms with Gasteiger partial charge in [-0.3, -0.25) is 0 Å². The van der Waals surface area contributed by atoms with Crippen LogP contribution in [0.3, 0.4) is 0 Å². The molecule has 0 aromatic carbocycles. The van der Waals surface area contributed by atoms with E-state index < -0.39 is 5.97 Å². The number of hydrogen-bond donors (Lipinski definition) is 0. The zero-order chi connectivity index (χ0) is 13.5. The molecule has 1 aromatic heterocycles. The first-order chi connectivity index (χ1) is 8.60. The van der Waals surface area contributed by atoms with Crippen molar-refractivity contribution in [1.29, 1.82) is 0 Å². The summed E-state index contributed by atoms with van der Waals surface area (Å²) in [4.78, 5) is 15.6. The van der Waals surface area contributed by atoms with Gasteiger partial charge in [-0.05, 0) is 6.92 Å². The summed E-state index contributed by atoms with van der Waals surface area (Å²) in [5, 5.41) is 0. The van der Waals surface area contributed by atoms with Crippen molar-refractivity contribution in [3.05, 3.63) is 55.2 Å². The maximum atomic E-state index is 11.3. The molecular formula is C14H18N2O2. The number of hydrogen-bond acceptors (Lipinski definition) is 3. The Morgan fingerprint density at radius 1 is 1.50 bits per heavy atom. The molecule has 0 fully saturated rings. The van der Waals surface area contributed by atoms with E-state index in [4.69, 9.17) is 4.74 Å². The fourth-order valence-corrected chi connectivity index (χ4v) is 1.48. The Bertz CT molecular complexity index is 472. The van der Waals surface area contributed by atoms with E-state index in [1.165, 1.54) is 0 Å². The Morgan fingerprint density at radius 3 is 2.78 bits per heavy atom. The second kappa shape index (κ2) is 6.59. The Labute approximate surface area is 107 Å². The number of imidazole rings is 1. The zero-order valence-corrected chi connectivity index (χ0v) is 10.7. The van der Waals surface area contributed by atoms with Gasteiger partial charge in [0.2, 0.25) is 0 Å². The fraction of sp³-hybridized carbons (Fsp3) is 0.286. The molecule has 0 amide bonds. The summed E-state index contributed by atoms with van der Waals surface area (Å²) in [6.07, 6.45) is 5.93. The second-order valence-corrected chi connectivity index (χ2v) is 3.91. The minimum absolute atomic E-state index is 0.184. The van der Waals surface area contributed by atoms with Crippen molar-refractivity contribution in [3.8, 4) is 0 Å². The molecule has 4 heteroatoms. The molecule has 96 valence electrons. The van der Waals surface area contributed by atoms with Crippen molar-refractivity contribution in [1.82, 2.24) is 9.55 Å². The van der Waals surface area contributed by atoms with Gasteiger partial charge in [0, 0.05) is 18.5 Å². The number of carbonyl (C=O) groups excluding carboxylic acids is 1. The van der Waals surface area contributed by atoms with E-state index in [0.29, 0.717) is 18.5 Å². The molecule has 0 saturated heterocycles. The smallest absolute Gasteiger partial charge is 0.333 e. The molecule has 18 heavy (non-hydrogen) atoms. The number of ether oxygens (including phenoxy) is 1. The zero-order valence-electron chi connectivity index (χ0n) is 10.7. The monoisotopic (exact) mass is 246 g/mol. The summed E-state index contributed by atoms with van der Waals surface area (Å²) in [5.41, 5.74) is 1.22. The highest BCUT2D eigenvalue weighted by Gasteiger charge is 2.10. The van der Waals surface area contributed by atoms with E-state index in [2.05, 4.69) is 24.7 Å². The minimum atomic E-state index is -0.397. The lowest BCUT2D eigenvalue weighted by atomic mass is 10.3. The molecule has 0 spiro atoms. The number of aromatic nitrogens is 2. The first kappa shape index (κ1) is 14.0. The van der Waals surface area contributed by atoms with E-state index in [1.807, 2.05) is 4.57 Å². The Morgan fingerprint density at radius 2 is 2.22 bits per heavy atom. The van der Waals surface area contributed by atoms with E-state index in [-0.39, 0.29) is 6.61 Å². The Hall–Kier alpha value is -2.10. The van der Waals surface area contributed by atoms with Crippen LogP contribution in [-0.2, 0) is 29.1 Å². The molecule has 0 saturated carbocycles. The van der Waals surface area contributed by atoms with Crippen LogP contribution in [0.2, 0.25) is 0 Å². The molecule has 0 atom stereocenters. The summed E-state index contributed by atoms with van der Waals surface area (Å²) < 4.78 is 7.07. The van der Waals surface area contributed by atoms with Crippen LogP contribution in [0, 0.1) is 0 Å². The van der Waals surface area contributed by atoms with E-state index in [0.717, 1.165) is 11.5 Å². The summed E-state index contributed by atoms with van der Waals surface area (Å²) in [6.45, 7) is 13.4. The predicted octanol–water partition coefficient (Wildman–Crippen LogP) is 2.42. The van der Waals surface area contributed by atoms with Crippen molar-refractivity contribution >= 4 is 5.97 Å². The van der Waals surface area contributed by atoms with Gasteiger partial charge in [0.1, 0.15) is 12.4 Å². The molecule has 1 rings (SSSR count). The predicted molar refractivity (Wildman–Crippen MR) is 70.9 cm³/mol. The highest BCUT2D eigenvalue weighted by atomic mass is 16.5. The standard InChI is InChI=1S/C14H18N2O2/c1-5-7-13-15-9-12(16(13)8-6-2)10-18-14(17)11(3)4/h5-6,9H,1-3,7-8,10H2,4H3. The number of esters is 1. The van der Waals surface area contributed by atoms with Crippen molar-refractivity contribution in [2.75, 3.05) is 0 Å². The molecule has 0 N–H and O–H groups in total. The largest absolute Gasteiger partial charge is 0.456 e. The van der Waals surface area contributed by atoms with E-state index in [1.54, 1.807) is 25.3 Å². The Balaban J connectivity index is 2.81. The summed E-state index contributed by atoms with van der Waals surface area (Å²) in [5.74, 6) is 0.484. The van der Waals surface area contributed by atoms with Crippen LogP contribution in [0.4, 0.5) is 0 Å². The van der Waals surface area contributed by atoms with Crippen LogP contribution in [0.25, 0.3) is 0 Å². The van der Waals surface area contributed by atoms with Gasteiger partial charge in [0.25, 0.3) is 0 Å². The minimum Gasteiger partial charge on any atom is -0.456 e. The van der Waals surface area contributed by atoms with Crippen LogP contribution in [0.1, 0.15) is 18.4 Å². The number of nitrogens with zero attached hydrogens (tertiary/aromatic N) is 2. The Kier molecular flexibility index (Phi) is 5.11. The molecule has 0 bridgehead atoms. The highest BCUT2D eigenvalue weighted by Crippen LogP contribution is 2.09. The van der Waals surface area contributed by atoms with Gasteiger partial charge in [-0.25, -0.2) is 9.78 Å². The maximum Gasteiger partial charge on any atom is 0.333 e. The van der Waals surface area contributed by atoms with Gasteiger partial charge < -0.3 is 9.30 Å². The molecule has 0 aliphatic rings. The lowest BCUT2D eigenvalue weighted by Gasteiger charge is -2.09.